The summed E-state index contributed by atoms with van der Waals surface area (Å²) in [6.45, 7) is 0. The summed E-state index contributed by atoms with van der Waals surface area (Å²) in [5.74, 6) is -0.697. The van der Waals surface area contributed by atoms with Gasteiger partial charge in [-0.3, -0.25) is 0 Å². The normalized spacial score (nSPS) is 10.1. The molecule has 3 nitrogen and oxygen atoms in total. The molecular formula is C14H11BrF2N2OS. The van der Waals surface area contributed by atoms with Crippen LogP contribution in [0.15, 0.2) is 40.9 Å². The molecule has 0 spiro atoms. The molecular weight excluding hydrogens is 362 g/mol. The SMILES string of the molecule is COc1ccc(NC(=S)Nc2ccc(F)cc2Br)cc1F. The van der Waals surface area contributed by atoms with E-state index in [0.717, 1.165) is 0 Å². The van der Waals surface area contributed by atoms with Crippen molar-refractivity contribution >= 4 is 44.6 Å². The second-order valence-electron chi connectivity index (χ2n) is 4.05. The lowest BCUT2D eigenvalue weighted by atomic mass is 10.3. The average molecular weight is 373 g/mol. The molecule has 2 rings (SSSR count). The van der Waals surface area contributed by atoms with Crippen molar-refractivity contribution in [1.29, 1.82) is 0 Å². The third-order valence-corrected chi connectivity index (χ3v) is 3.45. The zero-order chi connectivity index (χ0) is 15.4. The predicted molar refractivity (Wildman–Crippen MR) is 86.9 cm³/mol. The van der Waals surface area contributed by atoms with Gasteiger partial charge >= 0.3 is 0 Å². The molecule has 0 fully saturated rings. The van der Waals surface area contributed by atoms with E-state index < -0.39 is 5.82 Å². The summed E-state index contributed by atoms with van der Waals surface area (Å²) in [4.78, 5) is 0. The first-order valence-corrected chi connectivity index (χ1v) is 7.06. The van der Waals surface area contributed by atoms with Gasteiger partial charge in [-0.05, 0) is 58.5 Å². The molecule has 0 radical (unpaired) electrons. The Bertz CT molecular complexity index is 682. The molecule has 21 heavy (non-hydrogen) atoms. The molecule has 2 aromatic carbocycles. The van der Waals surface area contributed by atoms with Crippen LogP contribution < -0.4 is 15.4 Å². The molecule has 0 saturated carbocycles. The van der Waals surface area contributed by atoms with Gasteiger partial charge < -0.3 is 15.4 Å². The molecule has 0 amide bonds. The van der Waals surface area contributed by atoms with Gasteiger partial charge in [0.25, 0.3) is 0 Å². The van der Waals surface area contributed by atoms with Crippen molar-refractivity contribution in [3.05, 3.63) is 52.5 Å². The highest BCUT2D eigenvalue weighted by atomic mass is 79.9. The molecule has 0 heterocycles. The Hall–Kier alpha value is -1.73. The third-order valence-electron chi connectivity index (χ3n) is 2.59. The summed E-state index contributed by atoms with van der Waals surface area (Å²) in [5, 5.41) is 5.98. The molecule has 0 saturated heterocycles. The van der Waals surface area contributed by atoms with Gasteiger partial charge in [0.2, 0.25) is 0 Å². The molecule has 2 N–H and O–H groups in total. The molecule has 0 bridgehead atoms. The Morgan fingerprint density at radius 3 is 2.52 bits per heavy atom. The highest BCUT2D eigenvalue weighted by Gasteiger charge is 2.07. The van der Waals surface area contributed by atoms with Gasteiger partial charge in [0, 0.05) is 16.2 Å². The number of halogens is 3. The van der Waals surface area contributed by atoms with Crippen molar-refractivity contribution in [2.75, 3.05) is 17.7 Å². The molecule has 0 atom stereocenters. The first-order chi connectivity index (χ1) is 9.99. The Balaban J connectivity index is 2.06. The highest BCUT2D eigenvalue weighted by molar-refractivity contribution is 9.10. The standard InChI is InChI=1S/C14H11BrF2N2OS/c1-20-13-5-3-9(7-11(13)17)18-14(21)19-12-4-2-8(16)6-10(12)15/h2-7H,1H3,(H2,18,19,21). The zero-order valence-electron chi connectivity index (χ0n) is 10.9. The van der Waals surface area contributed by atoms with Crippen LogP contribution in [0, 0.1) is 11.6 Å². The predicted octanol–water partition coefficient (Wildman–Crippen LogP) is 4.54. The molecule has 110 valence electrons. The van der Waals surface area contributed by atoms with Crippen molar-refractivity contribution in [2.24, 2.45) is 0 Å². The van der Waals surface area contributed by atoms with Crippen molar-refractivity contribution in [3.8, 4) is 5.75 Å². The number of ether oxygens (including phenoxy) is 1. The van der Waals surface area contributed by atoms with Crippen LogP contribution in [0.25, 0.3) is 0 Å². The van der Waals surface area contributed by atoms with E-state index in [2.05, 4.69) is 26.6 Å². The van der Waals surface area contributed by atoms with Crippen LogP contribution in [-0.4, -0.2) is 12.2 Å². The van der Waals surface area contributed by atoms with E-state index in [1.54, 1.807) is 12.1 Å². The lowest BCUT2D eigenvalue weighted by molar-refractivity contribution is 0.387. The van der Waals surface area contributed by atoms with E-state index in [-0.39, 0.29) is 16.7 Å². The van der Waals surface area contributed by atoms with Crippen molar-refractivity contribution in [3.63, 3.8) is 0 Å². The summed E-state index contributed by atoms with van der Waals surface area (Å²) in [5.41, 5.74) is 1.08. The maximum absolute atomic E-state index is 13.6. The van der Waals surface area contributed by atoms with Crippen LogP contribution in [-0.2, 0) is 0 Å². The Kier molecular flexibility index (Phi) is 5.08. The first kappa shape index (κ1) is 15.7. The Morgan fingerprint density at radius 2 is 1.90 bits per heavy atom. The van der Waals surface area contributed by atoms with Gasteiger partial charge in [-0.15, -0.1) is 0 Å². The number of nitrogens with one attached hydrogen (secondary N) is 2. The van der Waals surface area contributed by atoms with E-state index in [1.165, 1.54) is 31.4 Å². The van der Waals surface area contributed by atoms with Gasteiger partial charge in [-0.25, -0.2) is 8.78 Å². The molecule has 0 aliphatic rings. The maximum atomic E-state index is 13.6. The fraction of sp³-hybridized carbons (Fsp3) is 0.0714. The van der Waals surface area contributed by atoms with E-state index in [9.17, 15) is 8.78 Å². The summed E-state index contributed by atoms with van der Waals surface area (Å²) in [7, 11) is 1.39. The second kappa shape index (κ2) is 6.82. The van der Waals surface area contributed by atoms with Crippen LogP contribution in [0.5, 0.6) is 5.75 Å². The minimum Gasteiger partial charge on any atom is -0.494 e. The number of rotatable bonds is 3. The van der Waals surface area contributed by atoms with E-state index >= 15 is 0 Å². The molecule has 0 aromatic heterocycles. The Labute approximate surface area is 134 Å². The largest absolute Gasteiger partial charge is 0.494 e. The van der Waals surface area contributed by atoms with Gasteiger partial charge in [-0.1, -0.05) is 0 Å². The quantitative estimate of drug-likeness (QED) is 0.774. The minimum atomic E-state index is -0.492. The number of anilines is 2. The summed E-state index contributed by atoms with van der Waals surface area (Å²) in [6.07, 6.45) is 0. The monoisotopic (exact) mass is 372 g/mol. The van der Waals surface area contributed by atoms with Gasteiger partial charge in [0.15, 0.2) is 16.7 Å². The number of thiocarbonyl (C=S) groups is 1. The molecule has 7 heteroatoms. The fourth-order valence-electron chi connectivity index (χ4n) is 1.62. The van der Waals surface area contributed by atoms with E-state index in [0.29, 0.717) is 15.8 Å². The van der Waals surface area contributed by atoms with Gasteiger partial charge in [0.1, 0.15) is 5.82 Å². The summed E-state index contributed by atoms with van der Waals surface area (Å²) in [6, 6.07) is 8.57. The highest BCUT2D eigenvalue weighted by Crippen LogP contribution is 2.24. The molecule has 0 unspecified atom stereocenters. The second-order valence-corrected chi connectivity index (χ2v) is 5.32. The third kappa shape index (κ3) is 4.12. The number of hydrogen-bond acceptors (Lipinski definition) is 2. The number of methoxy groups -OCH3 is 1. The first-order valence-electron chi connectivity index (χ1n) is 5.86. The molecule has 2 aromatic rings. The van der Waals surface area contributed by atoms with Crippen molar-refractivity contribution < 1.29 is 13.5 Å². The van der Waals surface area contributed by atoms with Crippen LogP contribution in [0.4, 0.5) is 20.2 Å². The smallest absolute Gasteiger partial charge is 0.175 e. The molecule has 0 aliphatic carbocycles. The van der Waals surface area contributed by atoms with Crippen molar-refractivity contribution in [1.82, 2.24) is 0 Å². The zero-order valence-corrected chi connectivity index (χ0v) is 13.3. The Morgan fingerprint density at radius 1 is 1.14 bits per heavy atom. The van der Waals surface area contributed by atoms with Crippen LogP contribution in [0.3, 0.4) is 0 Å². The van der Waals surface area contributed by atoms with E-state index in [1.807, 2.05) is 0 Å². The average Bonchev–Trinajstić information content (AvgIpc) is 2.42. The van der Waals surface area contributed by atoms with Crippen LogP contribution >= 0.6 is 28.1 Å². The van der Waals surface area contributed by atoms with Gasteiger partial charge in [0.05, 0.1) is 12.8 Å². The summed E-state index contributed by atoms with van der Waals surface area (Å²) >= 11 is 8.35. The van der Waals surface area contributed by atoms with Crippen molar-refractivity contribution in [2.45, 2.75) is 0 Å². The lowest BCUT2D eigenvalue weighted by Gasteiger charge is -2.12. The number of benzene rings is 2. The fourth-order valence-corrected chi connectivity index (χ4v) is 2.30. The topological polar surface area (TPSA) is 33.3 Å². The maximum Gasteiger partial charge on any atom is 0.175 e. The van der Waals surface area contributed by atoms with Crippen LogP contribution in [0.2, 0.25) is 0 Å². The minimum absolute atomic E-state index is 0.153. The van der Waals surface area contributed by atoms with E-state index in [4.69, 9.17) is 17.0 Å². The van der Waals surface area contributed by atoms with Gasteiger partial charge in [-0.2, -0.15) is 0 Å². The summed E-state index contributed by atoms with van der Waals surface area (Å²) < 4.78 is 31.9. The lowest BCUT2D eigenvalue weighted by Crippen LogP contribution is -2.19. The number of hydrogen-bond donors (Lipinski definition) is 2. The molecule has 0 aliphatic heterocycles. The van der Waals surface area contributed by atoms with Crippen LogP contribution in [0.1, 0.15) is 0 Å².